The van der Waals surface area contributed by atoms with E-state index in [1.54, 1.807) is 5.01 Å². The van der Waals surface area contributed by atoms with Crippen LogP contribution in [0.5, 0.6) is 0 Å². The van der Waals surface area contributed by atoms with Gasteiger partial charge in [-0.2, -0.15) is 0 Å². The Morgan fingerprint density at radius 2 is 2.12 bits per heavy atom. The SMILES string of the molecule is CC(C)CN1C[C@@]2(C)CC(=O)O[C@@]2(C)N1C=O. The number of hydrazine groups is 1. The summed E-state index contributed by atoms with van der Waals surface area (Å²) in [5.41, 5.74) is -1.12. The average molecular weight is 240 g/mol. The molecule has 0 aromatic heterocycles. The third-order valence-electron chi connectivity index (χ3n) is 3.92. The first-order valence-corrected chi connectivity index (χ1v) is 6.04. The van der Waals surface area contributed by atoms with Gasteiger partial charge in [0.1, 0.15) is 0 Å². The van der Waals surface area contributed by atoms with E-state index >= 15 is 0 Å². The first-order chi connectivity index (χ1) is 7.82. The molecule has 0 N–H and O–H groups in total. The molecule has 2 fully saturated rings. The van der Waals surface area contributed by atoms with Crippen LogP contribution in [0.15, 0.2) is 0 Å². The minimum absolute atomic E-state index is 0.217. The molecule has 17 heavy (non-hydrogen) atoms. The summed E-state index contributed by atoms with van der Waals surface area (Å²) in [5.74, 6) is 0.241. The number of amides is 1. The lowest BCUT2D eigenvalue weighted by Gasteiger charge is -2.36. The molecule has 0 aromatic carbocycles. The number of carbonyl (C=O) groups excluding carboxylic acids is 2. The molecule has 2 heterocycles. The van der Waals surface area contributed by atoms with Crippen molar-refractivity contribution < 1.29 is 14.3 Å². The van der Waals surface area contributed by atoms with Gasteiger partial charge in [0.05, 0.1) is 11.8 Å². The molecule has 0 radical (unpaired) electrons. The lowest BCUT2D eigenvalue weighted by atomic mass is 9.80. The number of fused-ring (bicyclic) bond motifs is 1. The van der Waals surface area contributed by atoms with Crippen LogP contribution in [-0.4, -0.2) is 41.2 Å². The highest BCUT2D eigenvalue weighted by Crippen LogP contribution is 2.51. The van der Waals surface area contributed by atoms with Gasteiger partial charge in [-0.3, -0.25) is 9.59 Å². The summed E-state index contributed by atoms with van der Waals surface area (Å²) in [7, 11) is 0. The van der Waals surface area contributed by atoms with Crippen LogP contribution >= 0.6 is 0 Å². The van der Waals surface area contributed by atoms with Gasteiger partial charge < -0.3 is 4.74 Å². The lowest BCUT2D eigenvalue weighted by Crippen LogP contribution is -2.51. The molecule has 0 saturated carbocycles. The predicted molar refractivity (Wildman–Crippen MR) is 61.5 cm³/mol. The zero-order chi connectivity index (χ0) is 12.8. The Hall–Kier alpha value is -1.10. The quantitative estimate of drug-likeness (QED) is 0.545. The van der Waals surface area contributed by atoms with E-state index in [1.807, 2.05) is 18.9 Å². The van der Waals surface area contributed by atoms with Crippen LogP contribution in [0.1, 0.15) is 34.1 Å². The Bertz CT molecular complexity index is 358. The molecule has 2 aliphatic rings. The Morgan fingerprint density at radius 3 is 2.65 bits per heavy atom. The third-order valence-corrected chi connectivity index (χ3v) is 3.92. The zero-order valence-electron chi connectivity index (χ0n) is 10.9. The maximum Gasteiger partial charge on any atom is 0.308 e. The topological polar surface area (TPSA) is 49.9 Å². The molecule has 0 spiro atoms. The number of carbonyl (C=O) groups is 2. The van der Waals surface area contributed by atoms with Crippen molar-refractivity contribution in [3.8, 4) is 0 Å². The van der Waals surface area contributed by atoms with Crippen LogP contribution in [0, 0.1) is 11.3 Å². The van der Waals surface area contributed by atoms with Gasteiger partial charge >= 0.3 is 5.97 Å². The standard InChI is InChI=1S/C12H20N2O3/c1-9(2)6-13-7-11(3)5-10(16)17-12(11,4)14(13)8-15/h8-9H,5-7H2,1-4H3/t11-,12-/m1/s1. The molecule has 5 heteroatoms. The highest BCUT2D eigenvalue weighted by molar-refractivity contribution is 5.75. The molecule has 2 atom stereocenters. The smallest absolute Gasteiger partial charge is 0.308 e. The summed E-state index contributed by atoms with van der Waals surface area (Å²) in [5, 5.41) is 3.54. The second-order valence-corrected chi connectivity index (χ2v) is 5.89. The van der Waals surface area contributed by atoms with Gasteiger partial charge in [0, 0.05) is 13.1 Å². The molecule has 96 valence electrons. The van der Waals surface area contributed by atoms with Gasteiger partial charge in [0.15, 0.2) is 0 Å². The number of ether oxygens (including phenoxy) is 1. The van der Waals surface area contributed by atoms with E-state index in [-0.39, 0.29) is 11.4 Å². The largest absolute Gasteiger partial charge is 0.437 e. The maximum atomic E-state index is 11.5. The average Bonchev–Trinajstić information content (AvgIpc) is 2.46. The van der Waals surface area contributed by atoms with Crippen molar-refractivity contribution in [3.63, 3.8) is 0 Å². The normalized spacial score (nSPS) is 37.5. The molecule has 5 nitrogen and oxygen atoms in total. The molecule has 0 unspecified atom stereocenters. The molecule has 0 aromatic rings. The van der Waals surface area contributed by atoms with Crippen molar-refractivity contribution in [2.75, 3.05) is 13.1 Å². The molecule has 1 amide bonds. The van der Waals surface area contributed by atoms with Crippen LogP contribution in [0.2, 0.25) is 0 Å². The molecule has 0 bridgehead atoms. The van der Waals surface area contributed by atoms with Crippen molar-refractivity contribution in [3.05, 3.63) is 0 Å². The van der Waals surface area contributed by atoms with Gasteiger partial charge in [-0.05, 0) is 12.8 Å². The van der Waals surface area contributed by atoms with E-state index in [4.69, 9.17) is 4.74 Å². The van der Waals surface area contributed by atoms with Gasteiger partial charge in [-0.25, -0.2) is 10.0 Å². The third kappa shape index (κ3) is 1.64. The summed E-state index contributed by atoms with van der Waals surface area (Å²) < 4.78 is 5.41. The number of nitrogens with zero attached hydrogens (tertiary/aromatic N) is 2. The van der Waals surface area contributed by atoms with Crippen molar-refractivity contribution in [2.45, 2.75) is 39.8 Å². The molecule has 2 rings (SSSR count). The Balaban J connectivity index is 2.30. The fraction of sp³-hybridized carbons (Fsp3) is 0.833. The molecular weight excluding hydrogens is 220 g/mol. The number of rotatable bonds is 3. The second-order valence-electron chi connectivity index (χ2n) is 5.89. The fourth-order valence-electron chi connectivity index (χ4n) is 2.88. The van der Waals surface area contributed by atoms with Crippen molar-refractivity contribution in [2.24, 2.45) is 11.3 Å². The van der Waals surface area contributed by atoms with E-state index < -0.39 is 5.72 Å². The number of esters is 1. The summed E-state index contributed by atoms with van der Waals surface area (Å²) in [4.78, 5) is 22.8. The summed E-state index contributed by atoms with van der Waals surface area (Å²) in [6, 6.07) is 0. The van der Waals surface area contributed by atoms with Gasteiger partial charge in [-0.15, -0.1) is 0 Å². The molecule has 2 aliphatic heterocycles. The molecule has 0 aliphatic carbocycles. The lowest BCUT2D eigenvalue weighted by molar-refractivity contribution is -0.191. The Morgan fingerprint density at radius 1 is 1.47 bits per heavy atom. The molecular formula is C12H20N2O3. The van der Waals surface area contributed by atoms with Gasteiger partial charge in [-0.1, -0.05) is 20.8 Å². The second kappa shape index (κ2) is 3.70. The van der Waals surface area contributed by atoms with E-state index in [0.717, 1.165) is 13.0 Å². The van der Waals surface area contributed by atoms with Crippen LogP contribution in [0.3, 0.4) is 0 Å². The maximum absolute atomic E-state index is 11.5. The van der Waals surface area contributed by atoms with Crippen molar-refractivity contribution in [1.82, 2.24) is 10.0 Å². The highest BCUT2D eigenvalue weighted by Gasteiger charge is 2.64. The van der Waals surface area contributed by atoms with Gasteiger partial charge in [0.2, 0.25) is 12.1 Å². The van der Waals surface area contributed by atoms with E-state index in [0.29, 0.717) is 18.9 Å². The minimum atomic E-state index is -0.819. The Kier molecular flexibility index (Phi) is 2.69. The van der Waals surface area contributed by atoms with Crippen LogP contribution < -0.4 is 0 Å². The number of hydrogen-bond donors (Lipinski definition) is 0. The highest BCUT2D eigenvalue weighted by atomic mass is 16.6. The monoisotopic (exact) mass is 240 g/mol. The van der Waals surface area contributed by atoms with Crippen LogP contribution in [0.4, 0.5) is 0 Å². The predicted octanol–water partition coefficient (Wildman–Crippen LogP) is 1.00. The first kappa shape index (κ1) is 12.4. The van der Waals surface area contributed by atoms with Crippen LogP contribution in [-0.2, 0) is 14.3 Å². The Labute approximate surface area is 102 Å². The van der Waals surface area contributed by atoms with Crippen molar-refractivity contribution in [1.29, 1.82) is 0 Å². The summed E-state index contributed by atoms with van der Waals surface area (Å²) >= 11 is 0. The van der Waals surface area contributed by atoms with E-state index in [1.165, 1.54) is 0 Å². The van der Waals surface area contributed by atoms with E-state index in [9.17, 15) is 9.59 Å². The molecule has 2 saturated heterocycles. The summed E-state index contributed by atoms with van der Waals surface area (Å²) in [6.07, 6.45) is 1.15. The zero-order valence-corrected chi connectivity index (χ0v) is 10.9. The van der Waals surface area contributed by atoms with Gasteiger partial charge in [0.25, 0.3) is 0 Å². The number of hydrogen-bond acceptors (Lipinski definition) is 4. The summed E-state index contributed by atoms with van der Waals surface area (Å²) in [6.45, 7) is 9.52. The van der Waals surface area contributed by atoms with Crippen molar-refractivity contribution >= 4 is 12.4 Å². The minimum Gasteiger partial charge on any atom is -0.437 e. The van der Waals surface area contributed by atoms with Crippen LogP contribution in [0.25, 0.3) is 0 Å². The van der Waals surface area contributed by atoms with E-state index in [2.05, 4.69) is 13.8 Å². The first-order valence-electron chi connectivity index (χ1n) is 6.04. The fourth-order valence-corrected chi connectivity index (χ4v) is 2.88.